The number of hydrogen-bond donors (Lipinski definition) is 2. The number of carbonyl (C=O) groups is 1. The fourth-order valence-electron chi connectivity index (χ4n) is 2.99. The normalized spacial score (nSPS) is 20.0. The average Bonchev–Trinajstić information content (AvgIpc) is 2.42. The number of anilines is 2. The lowest BCUT2D eigenvalue weighted by molar-refractivity contribution is -0.121. The molecular weight excluding hydrogens is 262 g/mol. The Kier molecular flexibility index (Phi) is 4.57. The third-order valence-electron chi connectivity index (χ3n) is 4.49. The Labute approximate surface area is 127 Å². The summed E-state index contributed by atoms with van der Waals surface area (Å²) in [5.41, 5.74) is 8.62. The molecule has 1 aromatic carbocycles. The van der Waals surface area contributed by atoms with Crippen molar-refractivity contribution in [3.63, 3.8) is 0 Å². The largest absolute Gasteiger partial charge is 0.398 e. The summed E-state index contributed by atoms with van der Waals surface area (Å²) in [6.45, 7) is 10.4. The van der Waals surface area contributed by atoms with Gasteiger partial charge in [0.05, 0.1) is 6.04 Å². The maximum atomic E-state index is 12.5. The lowest BCUT2D eigenvalue weighted by Gasteiger charge is -2.40. The molecule has 0 radical (unpaired) electrons. The molecule has 0 aliphatic carbocycles. The van der Waals surface area contributed by atoms with Gasteiger partial charge in [-0.05, 0) is 56.3 Å². The molecule has 1 atom stereocenters. The predicted molar refractivity (Wildman–Crippen MR) is 88.3 cm³/mol. The van der Waals surface area contributed by atoms with Crippen LogP contribution in [-0.2, 0) is 4.79 Å². The number of piperidine rings is 1. The van der Waals surface area contributed by atoms with Crippen molar-refractivity contribution in [3.8, 4) is 0 Å². The molecule has 0 spiro atoms. The molecule has 116 valence electrons. The van der Waals surface area contributed by atoms with Crippen molar-refractivity contribution in [1.29, 1.82) is 0 Å². The number of nitrogen functional groups attached to an aromatic ring is 1. The number of likely N-dealkylation sites (tertiary alicyclic amines) is 1. The fraction of sp³-hybridized carbons (Fsp3) is 0.588. The van der Waals surface area contributed by atoms with Crippen LogP contribution in [0.5, 0.6) is 0 Å². The van der Waals surface area contributed by atoms with Gasteiger partial charge in [-0.1, -0.05) is 19.9 Å². The van der Waals surface area contributed by atoms with Crippen LogP contribution < -0.4 is 11.1 Å². The molecule has 0 saturated carbocycles. The molecule has 1 unspecified atom stereocenters. The summed E-state index contributed by atoms with van der Waals surface area (Å²) in [5.74, 6) is 0.0430. The first kappa shape index (κ1) is 15.8. The van der Waals surface area contributed by atoms with Crippen molar-refractivity contribution in [2.24, 2.45) is 5.41 Å². The van der Waals surface area contributed by atoms with Crippen LogP contribution in [0.25, 0.3) is 0 Å². The van der Waals surface area contributed by atoms with E-state index in [1.165, 1.54) is 6.42 Å². The van der Waals surface area contributed by atoms with E-state index in [-0.39, 0.29) is 11.9 Å². The van der Waals surface area contributed by atoms with E-state index >= 15 is 0 Å². The highest BCUT2D eigenvalue weighted by Crippen LogP contribution is 2.29. The van der Waals surface area contributed by atoms with Gasteiger partial charge in [0.2, 0.25) is 5.91 Å². The van der Waals surface area contributed by atoms with Crippen LogP contribution in [0, 0.1) is 12.3 Å². The topological polar surface area (TPSA) is 58.4 Å². The zero-order chi connectivity index (χ0) is 15.6. The zero-order valence-corrected chi connectivity index (χ0v) is 13.6. The van der Waals surface area contributed by atoms with Crippen LogP contribution >= 0.6 is 0 Å². The molecule has 1 fully saturated rings. The number of rotatable bonds is 3. The summed E-state index contributed by atoms with van der Waals surface area (Å²) in [4.78, 5) is 14.8. The van der Waals surface area contributed by atoms with Crippen molar-refractivity contribution in [3.05, 3.63) is 23.8 Å². The third-order valence-corrected chi connectivity index (χ3v) is 4.49. The molecule has 1 heterocycles. The van der Waals surface area contributed by atoms with Crippen molar-refractivity contribution < 1.29 is 4.79 Å². The molecule has 2 rings (SSSR count). The van der Waals surface area contributed by atoms with E-state index in [1.54, 1.807) is 0 Å². The van der Waals surface area contributed by atoms with Gasteiger partial charge in [0.15, 0.2) is 0 Å². The first-order valence-corrected chi connectivity index (χ1v) is 7.70. The molecule has 1 aromatic rings. The number of nitrogens with zero attached hydrogens (tertiary/aromatic N) is 1. The van der Waals surface area contributed by atoms with Gasteiger partial charge in [-0.3, -0.25) is 9.69 Å². The predicted octanol–water partition coefficient (Wildman–Crippen LogP) is 3.03. The van der Waals surface area contributed by atoms with E-state index in [2.05, 4.69) is 24.1 Å². The van der Waals surface area contributed by atoms with Gasteiger partial charge < -0.3 is 11.1 Å². The van der Waals surface area contributed by atoms with Crippen LogP contribution in [0.2, 0.25) is 0 Å². The number of benzene rings is 1. The first-order valence-electron chi connectivity index (χ1n) is 7.70. The molecule has 1 saturated heterocycles. The van der Waals surface area contributed by atoms with Crippen LogP contribution in [0.15, 0.2) is 18.2 Å². The Morgan fingerprint density at radius 3 is 2.81 bits per heavy atom. The van der Waals surface area contributed by atoms with Gasteiger partial charge >= 0.3 is 0 Å². The van der Waals surface area contributed by atoms with Crippen LogP contribution in [0.3, 0.4) is 0 Å². The molecule has 21 heavy (non-hydrogen) atoms. The Morgan fingerprint density at radius 2 is 2.14 bits per heavy atom. The fourth-order valence-corrected chi connectivity index (χ4v) is 2.99. The lowest BCUT2D eigenvalue weighted by atomic mass is 9.83. The number of nitrogens with two attached hydrogens (primary N) is 1. The standard InChI is InChI=1S/C17H27N3O/c1-12-14(18)7-5-8-15(12)19-16(21)13(2)20-10-6-9-17(3,4)11-20/h5,7-8,13H,6,9-11,18H2,1-4H3,(H,19,21). The summed E-state index contributed by atoms with van der Waals surface area (Å²) in [7, 11) is 0. The minimum Gasteiger partial charge on any atom is -0.398 e. The second kappa shape index (κ2) is 6.06. The summed E-state index contributed by atoms with van der Waals surface area (Å²) in [6.07, 6.45) is 2.38. The number of hydrogen-bond acceptors (Lipinski definition) is 3. The quantitative estimate of drug-likeness (QED) is 0.841. The van der Waals surface area contributed by atoms with Crippen molar-refractivity contribution in [1.82, 2.24) is 4.90 Å². The Bertz CT molecular complexity index is 525. The molecule has 1 amide bonds. The molecule has 4 nitrogen and oxygen atoms in total. The van der Waals surface area contributed by atoms with Gasteiger partial charge in [-0.25, -0.2) is 0 Å². The highest BCUT2D eigenvalue weighted by Gasteiger charge is 2.31. The smallest absolute Gasteiger partial charge is 0.241 e. The van der Waals surface area contributed by atoms with Crippen molar-refractivity contribution in [2.75, 3.05) is 24.1 Å². The van der Waals surface area contributed by atoms with Gasteiger partial charge in [0, 0.05) is 17.9 Å². The van der Waals surface area contributed by atoms with E-state index in [9.17, 15) is 4.79 Å². The van der Waals surface area contributed by atoms with Crippen LogP contribution in [-0.4, -0.2) is 29.9 Å². The zero-order valence-electron chi connectivity index (χ0n) is 13.6. The number of carbonyl (C=O) groups excluding carboxylic acids is 1. The van der Waals surface area contributed by atoms with E-state index in [4.69, 9.17) is 5.73 Å². The average molecular weight is 289 g/mol. The lowest BCUT2D eigenvalue weighted by Crippen LogP contribution is -2.49. The minimum absolute atomic E-state index is 0.0430. The highest BCUT2D eigenvalue weighted by molar-refractivity contribution is 5.95. The van der Waals surface area contributed by atoms with Gasteiger partial charge in [0.25, 0.3) is 0 Å². The highest BCUT2D eigenvalue weighted by atomic mass is 16.2. The number of nitrogens with one attached hydrogen (secondary N) is 1. The molecule has 1 aliphatic rings. The van der Waals surface area contributed by atoms with Gasteiger partial charge in [-0.2, -0.15) is 0 Å². The van der Waals surface area contributed by atoms with Crippen molar-refractivity contribution in [2.45, 2.75) is 46.6 Å². The second-order valence-electron chi connectivity index (χ2n) is 6.92. The third kappa shape index (κ3) is 3.76. The molecule has 0 aromatic heterocycles. The van der Waals surface area contributed by atoms with Crippen molar-refractivity contribution >= 4 is 17.3 Å². The van der Waals surface area contributed by atoms with Crippen LogP contribution in [0.4, 0.5) is 11.4 Å². The molecule has 0 bridgehead atoms. The monoisotopic (exact) mass is 289 g/mol. The Hall–Kier alpha value is -1.55. The van der Waals surface area contributed by atoms with E-state index < -0.39 is 0 Å². The van der Waals surface area contributed by atoms with Crippen LogP contribution in [0.1, 0.15) is 39.2 Å². The maximum absolute atomic E-state index is 12.5. The minimum atomic E-state index is -0.120. The summed E-state index contributed by atoms with van der Waals surface area (Å²) >= 11 is 0. The SMILES string of the molecule is Cc1c(N)cccc1NC(=O)C(C)N1CCCC(C)(C)C1. The number of amides is 1. The second-order valence-corrected chi connectivity index (χ2v) is 6.92. The molecule has 1 aliphatic heterocycles. The van der Waals surface area contributed by atoms with E-state index in [0.717, 1.165) is 30.8 Å². The summed E-state index contributed by atoms with van der Waals surface area (Å²) < 4.78 is 0. The molecule has 4 heteroatoms. The molecular formula is C17H27N3O. The Balaban J connectivity index is 2.04. The van der Waals surface area contributed by atoms with Gasteiger partial charge in [-0.15, -0.1) is 0 Å². The van der Waals surface area contributed by atoms with E-state index in [0.29, 0.717) is 11.1 Å². The first-order chi connectivity index (χ1) is 9.80. The Morgan fingerprint density at radius 1 is 1.43 bits per heavy atom. The van der Waals surface area contributed by atoms with Gasteiger partial charge in [0.1, 0.15) is 0 Å². The maximum Gasteiger partial charge on any atom is 0.241 e. The van der Waals surface area contributed by atoms with E-state index in [1.807, 2.05) is 32.0 Å². The molecule has 3 N–H and O–H groups in total. The summed E-state index contributed by atoms with van der Waals surface area (Å²) in [5, 5.41) is 3.01. The summed E-state index contributed by atoms with van der Waals surface area (Å²) in [6, 6.07) is 5.50.